The fourth-order valence-corrected chi connectivity index (χ4v) is 0.783. The molecule has 0 aromatic rings. The van der Waals surface area contributed by atoms with Gasteiger partial charge < -0.3 is 5.32 Å². The summed E-state index contributed by atoms with van der Waals surface area (Å²) < 4.78 is 0. The van der Waals surface area contributed by atoms with Crippen LogP contribution in [-0.4, -0.2) is 12.6 Å². The molecule has 1 nitrogen and oxygen atoms in total. The molecule has 0 amide bonds. The molecular weight excluding hydrogens is 122 g/mol. The molecule has 1 unspecified atom stereocenters. The minimum absolute atomic E-state index is 0.0347. The zero-order valence-electron chi connectivity index (χ0n) is 7.78. The number of likely N-dealkylation sites (N-methyl/N-ethyl adjacent to an activating group) is 1. The Kier molecular flexibility index (Phi) is 2.67. The largest absolute Gasteiger partial charge is 0.311 e. The van der Waals surface area contributed by atoms with Gasteiger partial charge in [0.1, 0.15) is 0 Å². The van der Waals surface area contributed by atoms with Gasteiger partial charge in [-0.2, -0.15) is 0 Å². The lowest BCUT2D eigenvalue weighted by Crippen LogP contribution is -2.48. The van der Waals surface area contributed by atoms with E-state index in [4.69, 9.17) is 0 Å². The fourth-order valence-electron chi connectivity index (χ4n) is 0.783. The normalized spacial score (nSPS) is 18.1. The van der Waals surface area contributed by atoms with Crippen molar-refractivity contribution in [1.29, 1.82) is 0 Å². The van der Waals surface area contributed by atoms with Gasteiger partial charge in [-0.15, -0.1) is 6.58 Å². The molecular formula is C9H19N. The van der Waals surface area contributed by atoms with Gasteiger partial charge >= 0.3 is 0 Å². The first kappa shape index (κ1) is 9.70. The third kappa shape index (κ3) is 1.60. The third-order valence-corrected chi connectivity index (χ3v) is 2.49. The molecule has 0 aliphatic rings. The highest BCUT2D eigenvalue weighted by molar-refractivity contribution is 5.06. The molecule has 0 heterocycles. The van der Waals surface area contributed by atoms with Crippen LogP contribution in [0, 0.1) is 5.41 Å². The highest BCUT2D eigenvalue weighted by atomic mass is 14.9. The second-order valence-electron chi connectivity index (χ2n) is 3.91. The van der Waals surface area contributed by atoms with E-state index in [0.29, 0.717) is 0 Å². The van der Waals surface area contributed by atoms with Crippen LogP contribution < -0.4 is 5.32 Å². The number of hydrogen-bond donors (Lipinski definition) is 1. The molecule has 0 fully saturated rings. The molecule has 60 valence electrons. The van der Waals surface area contributed by atoms with E-state index in [-0.39, 0.29) is 11.0 Å². The smallest absolute Gasteiger partial charge is 0.0379 e. The Morgan fingerprint density at radius 2 is 1.60 bits per heavy atom. The molecule has 0 radical (unpaired) electrons. The first-order valence-electron chi connectivity index (χ1n) is 3.70. The number of nitrogens with one attached hydrogen (secondary N) is 1. The van der Waals surface area contributed by atoms with Gasteiger partial charge in [0.05, 0.1) is 0 Å². The van der Waals surface area contributed by atoms with Gasteiger partial charge in [0.25, 0.3) is 0 Å². The van der Waals surface area contributed by atoms with Crippen LogP contribution in [0.2, 0.25) is 0 Å². The molecule has 1 heteroatoms. The predicted octanol–water partition coefficient (Wildman–Crippen LogP) is 2.20. The maximum absolute atomic E-state index is 3.81. The topological polar surface area (TPSA) is 12.0 Å². The highest BCUT2D eigenvalue weighted by Crippen LogP contribution is 2.30. The van der Waals surface area contributed by atoms with E-state index in [2.05, 4.69) is 39.6 Å². The van der Waals surface area contributed by atoms with E-state index in [1.54, 1.807) is 0 Å². The van der Waals surface area contributed by atoms with Crippen molar-refractivity contribution >= 4 is 0 Å². The van der Waals surface area contributed by atoms with Crippen molar-refractivity contribution < 1.29 is 0 Å². The van der Waals surface area contributed by atoms with Crippen molar-refractivity contribution in [1.82, 2.24) is 5.32 Å². The molecule has 10 heavy (non-hydrogen) atoms. The maximum Gasteiger partial charge on any atom is 0.0379 e. The van der Waals surface area contributed by atoms with Crippen LogP contribution in [0.4, 0.5) is 0 Å². The number of hydrogen-bond acceptors (Lipinski definition) is 1. The summed E-state index contributed by atoms with van der Waals surface area (Å²) in [6.07, 6.45) is 1.97. The van der Waals surface area contributed by atoms with Crippen molar-refractivity contribution in [2.75, 3.05) is 7.05 Å². The molecule has 0 aliphatic carbocycles. The van der Waals surface area contributed by atoms with E-state index in [9.17, 15) is 0 Å². The van der Waals surface area contributed by atoms with Crippen LogP contribution in [-0.2, 0) is 0 Å². The van der Waals surface area contributed by atoms with Crippen LogP contribution in [0.3, 0.4) is 0 Å². The van der Waals surface area contributed by atoms with Crippen molar-refractivity contribution in [2.45, 2.75) is 33.2 Å². The molecule has 0 aromatic heterocycles. The van der Waals surface area contributed by atoms with Crippen LogP contribution in [0.25, 0.3) is 0 Å². The lowest BCUT2D eigenvalue weighted by molar-refractivity contribution is 0.221. The van der Waals surface area contributed by atoms with E-state index in [0.717, 1.165) is 0 Å². The first-order chi connectivity index (χ1) is 4.37. The summed E-state index contributed by atoms with van der Waals surface area (Å²) >= 11 is 0. The summed E-state index contributed by atoms with van der Waals surface area (Å²) in [6, 6.07) is 0. The van der Waals surface area contributed by atoms with E-state index >= 15 is 0 Å². The second-order valence-corrected chi connectivity index (χ2v) is 3.91. The Morgan fingerprint density at radius 1 is 1.20 bits per heavy atom. The lowest BCUT2D eigenvalue weighted by Gasteiger charge is -2.39. The third-order valence-electron chi connectivity index (χ3n) is 2.49. The Balaban J connectivity index is 4.48. The van der Waals surface area contributed by atoms with Crippen LogP contribution >= 0.6 is 0 Å². The predicted molar refractivity (Wildman–Crippen MR) is 47.1 cm³/mol. The Bertz CT molecular complexity index is 121. The SMILES string of the molecule is C=CC(C)(NC)C(C)(C)C. The molecule has 0 spiro atoms. The molecule has 1 N–H and O–H groups in total. The Labute approximate surface area is 64.5 Å². The zero-order valence-corrected chi connectivity index (χ0v) is 7.78. The molecule has 0 saturated heterocycles. The van der Waals surface area contributed by atoms with Crippen LogP contribution in [0.5, 0.6) is 0 Å². The van der Waals surface area contributed by atoms with Gasteiger partial charge in [-0.25, -0.2) is 0 Å². The average Bonchev–Trinajstić information content (AvgIpc) is 1.84. The Morgan fingerprint density at radius 3 is 1.60 bits per heavy atom. The molecule has 0 aliphatic heterocycles. The molecule has 0 bridgehead atoms. The molecule has 0 aromatic carbocycles. The van der Waals surface area contributed by atoms with Crippen molar-refractivity contribution in [3.63, 3.8) is 0 Å². The van der Waals surface area contributed by atoms with Crippen molar-refractivity contribution in [3.05, 3.63) is 12.7 Å². The fraction of sp³-hybridized carbons (Fsp3) is 0.778. The molecule has 0 saturated carbocycles. The zero-order chi connectivity index (χ0) is 8.41. The minimum atomic E-state index is 0.0347. The maximum atomic E-state index is 3.81. The monoisotopic (exact) mass is 141 g/mol. The van der Waals surface area contributed by atoms with E-state index in [1.165, 1.54) is 0 Å². The van der Waals surface area contributed by atoms with Gasteiger partial charge in [0.15, 0.2) is 0 Å². The highest BCUT2D eigenvalue weighted by Gasteiger charge is 2.32. The lowest BCUT2D eigenvalue weighted by atomic mass is 9.75. The average molecular weight is 141 g/mol. The molecule has 0 rings (SSSR count). The molecule has 1 atom stereocenters. The summed E-state index contributed by atoms with van der Waals surface area (Å²) in [7, 11) is 1.97. The number of rotatable bonds is 2. The first-order valence-corrected chi connectivity index (χ1v) is 3.70. The second kappa shape index (κ2) is 2.75. The van der Waals surface area contributed by atoms with E-state index < -0.39 is 0 Å². The summed E-state index contributed by atoms with van der Waals surface area (Å²) in [4.78, 5) is 0. The quantitative estimate of drug-likeness (QED) is 0.581. The summed E-state index contributed by atoms with van der Waals surface area (Å²) in [5.74, 6) is 0. The van der Waals surface area contributed by atoms with Crippen molar-refractivity contribution in [3.8, 4) is 0 Å². The minimum Gasteiger partial charge on any atom is -0.311 e. The summed E-state index contributed by atoms with van der Waals surface area (Å²) in [5, 5.41) is 3.25. The van der Waals surface area contributed by atoms with Gasteiger partial charge in [-0.3, -0.25) is 0 Å². The Hall–Kier alpha value is -0.300. The van der Waals surface area contributed by atoms with Gasteiger partial charge in [-0.1, -0.05) is 26.8 Å². The summed E-state index contributed by atoms with van der Waals surface area (Å²) in [5.41, 5.74) is 0.260. The standard InChI is InChI=1S/C9H19N/c1-7-9(5,10-6)8(2,3)4/h7,10H,1H2,2-6H3. The van der Waals surface area contributed by atoms with E-state index in [1.807, 2.05) is 13.1 Å². The van der Waals surface area contributed by atoms with Crippen LogP contribution in [0.1, 0.15) is 27.7 Å². The van der Waals surface area contributed by atoms with Gasteiger partial charge in [0.2, 0.25) is 0 Å². The van der Waals surface area contributed by atoms with Gasteiger partial charge in [0, 0.05) is 5.54 Å². The summed E-state index contributed by atoms with van der Waals surface area (Å²) in [6.45, 7) is 12.6. The van der Waals surface area contributed by atoms with Crippen molar-refractivity contribution in [2.24, 2.45) is 5.41 Å². The van der Waals surface area contributed by atoms with Gasteiger partial charge in [-0.05, 0) is 19.4 Å². The van der Waals surface area contributed by atoms with Crippen LogP contribution in [0.15, 0.2) is 12.7 Å².